The van der Waals surface area contributed by atoms with Crippen LogP contribution in [0.5, 0.6) is 11.5 Å². The quantitative estimate of drug-likeness (QED) is 0.521. The molecule has 0 saturated carbocycles. The summed E-state index contributed by atoms with van der Waals surface area (Å²) in [7, 11) is 0. The zero-order chi connectivity index (χ0) is 17.0. The van der Waals surface area contributed by atoms with Crippen molar-refractivity contribution in [1.29, 1.82) is 0 Å². The minimum Gasteiger partial charge on any atom is -0.490 e. The van der Waals surface area contributed by atoms with Crippen LogP contribution in [-0.2, 0) is 4.79 Å². The SMILES string of the molecule is C=CCNC(=O)CNc1ccc(OCCOc2ccccc2)cc1. The molecule has 2 N–H and O–H groups in total. The lowest BCUT2D eigenvalue weighted by molar-refractivity contribution is -0.119. The number of amides is 1. The maximum absolute atomic E-state index is 11.5. The smallest absolute Gasteiger partial charge is 0.239 e. The van der Waals surface area contributed by atoms with E-state index in [4.69, 9.17) is 9.47 Å². The van der Waals surface area contributed by atoms with E-state index in [1.54, 1.807) is 6.08 Å². The van der Waals surface area contributed by atoms with Gasteiger partial charge in [-0.1, -0.05) is 24.3 Å². The summed E-state index contributed by atoms with van der Waals surface area (Å²) in [5, 5.41) is 5.75. The first-order valence-electron chi connectivity index (χ1n) is 7.80. The number of carbonyl (C=O) groups excluding carboxylic acids is 1. The van der Waals surface area contributed by atoms with Crippen molar-refractivity contribution in [1.82, 2.24) is 5.32 Å². The Balaban J connectivity index is 1.66. The summed E-state index contributed by atoms with van der Waals surface area (Å²) in [5.74, 6) is 1.51. The fraction of sp³-hybridized carbons (Fsp3) is 0.211. The maximum Gasteiger partial charge on any atom is 0.239 e. The van der Waals surface area contributed by atoms with Gasteiger partial charge in [0.1, 0.15) is 24.7 Å². The molecular weight excluding hydrogens is 304 g/mol. The number of hydrogen-bond acceptors (Lipinski definition) is 4. The van der Waals surface area contributed by atoms with Gasteiger partial charge < -0.3 is 20.1 Å². The van der Waals surface area contributed by atoms with Gasteiger partial charge in [-0.05, 0) is 36.4 Å². The summed E-state index contributed by atoms with van der Waals surface area (Å²) in [6, 6.07) is 17.1. The van der Waals surface area contributed by atoms with E-state index >= 15 is 0 Å². The van der Waals surface area contributed by atoms with E-state index in [0.29, 0.717) is 19.8 Å². The molecule has 0 spiro atoms. The second-order valence-electron chi connectivity index (χ2n) is 4.98. The standard InChI is InChI=1S/C19H22N2O3/c1-2-12-20-19(22)15-21-16-8-10-18(11-9-16)24-14-13-23-17-6-4-3-5-7-17/h2-11,21H,1,12-15H2,(H,20,22). The van der Waals surface area contributed by atoms with Crippen molar-refractivity contribution in [3.63, 3.8) is 0 Å². The lowest BCUT2D eigenvalue weighted by Gasteiger charge is -2.10. The fourth-order valence-electron chi connectivity index (χ4n) is 1.94. The highest BCUT2D eigenvalue weighted by atomic mass is 16.5. The average Bonchev–Trinajstić information content (AvgIpc) is 2.63. The Kier molecular flexibility index (Phi) is 7.21. The molecule has 2 rings (SSSR count). The van der Waals surface area contributed by atoms with Crippen molar-refractivity contribution in [3.8, 4) is 11.5 Å². The molecule has 0 aliphatic heterocycles. The van der Waals surface area contributed by atoms with Gasteiger partial charge in [-0.3, -0.25) is 4.79 Å². The molecule has 0 aliphatic carbocycles. The van der Waals surface area contributed by atoms with Crippen LogP contribution in [0, 0.1) is 0 Å². The Morgan fingerprint density at radius 1 is 0.958 bits per heavy atom. The normalized spacial score (nSPS) is 9.83. The molecule has 0 heterocycles. The molecule has 0 bridgehead atoms. The monoisotopic (exact) mass is 326 g/mol. The van der Waals surface area contributed by atoms with Crippen LogP contribution >= 0.6 is 0 Å². The van der Waals surface area contributed by atoms with Gasteiger partial charge in [-0.25, -0.2) is 0 Å². The second kappa shape index (κ2) is 9.94. The molecule has 0 radical (unpaired) electrons. The lowest BCUT2D eigenvalue weighted by atomic mass is 10.3. The van der Waals surface area contributed by atoms with Crippen LogP contribution in [0.25, 0.3) is 0 Å². The zero-order valence-electron chi connectivity index (χ0n) is 13.5. The van der Waals surface area contributed by atoms with E-state index in [2.05, 4.69) is 17.2 Å². The van der Waals surface area contributed by atoms with Crippen LogP contribution < -0.4 is 20.1 Å². The number of benzene rings is 2. The fourth-order valence-corrected chi connectivity index (χ4v) is 1.94. The topological polar surface area (TPSA) is 59.6 Å². The Morgan fingerprint density at radius 2 is 1.58 bits per heavy atom. The number of carbonyl (C=O) groups is 1. The van der Waals surface area contributed by atoms with Crippen molar-refractivity contribution < 1.29 is 14.3 Å². The molecule has 0 fully saturated rings. The minimum atomic E-state index is -0.0757. The molecule has 0 aromatic heterocycles. The van der Waals surface area contributed by atoms with Crippen LogP contribution in [0.2, 0.25) is 0 Å². The molecule has 24 heavy (non-hydrogen) atoms. The van der Waals surface area contributed by atoms with Gasteiger partial charge in [0.05, 0.1) is 6.54 Å². The number of anilines is 1. The van der Waals surface area contributed by atoms with Gasteiger partial charge in [0.25, 0.3) is 0 Å². The van der Waals surface area contributed by atoms with E-state index in [9.17, 15) is 4.79 Å². The summed E-state index contributed by atoms with van der Waals surface area (Å²) in [5.41, 5.74) is 0.858. The van der Waals surface area contributed by atoms with Crippen molar-refractivity contribution in [2.45, 2.75) is 0 Å². The molecule has 1 amide bonds. The molecule has 5 heteroatoms. The molecular formula is C19H22N2O3. The van der Waals surface area contributed by atoms with Crippen molar-refractivity contribution in [2.75, 3.05) is 31.6 Å². The van der Waals surface area contributed by atoms with E-state index in [1.807, 2.05) is 54.6 Å². The van der Waals surface area contributed by atoms with E-state index in [-0.39, 0.29) is 12.5 Å². The lowest BCUT2D eigenvalue weighted by Crippen LogP contribution is -2.29. The first kappa shape index (κ1) is 17.4. The van der Waals surface area contributed by atoms with E-state index < -0.39 is 0 Å². The predicted octanol–water partition coefficient (Wildman–Crippen LogP) is 2.86. The molecule has 2 aromatic rings. The second-order valence-corrected chi connectivity index (χ2v) is 4.98. The Morgan fingerprint density at radius 3 is 2.21 bits per heavy atom. The number of rotatable bonds is 10. The highest BCUT2D eigenvalue weighted by Gasteiger charge is 2.00. The molecule has 2 aromatic carbocycles. The number of nitrogens with one attached hydrogen (secondary N) is 2. The van der Waals surface area contributed by atoms with Gasteiger partial charge in [-0.15, -0.1) is 6.58 Å². The zero-order valence-corrected chi connectivity index (χ0v) is 13.5. The molecule has 0 atom stereocenters. The van der Waals surface area contributed by atoms with Gasteiger partial charge in [-0.2, -0.15) is 0 Å². The molecule has 0 aliphatic rings. The largest absolute Gasteiger partial charge is 0.490 e. The maximum atomic E-state index is 11.5. The summed E-state index contributed by atoms with van der Waals surface area (Å²) in [4.78, 5) is 11.5. The third-order valence-corrected chi connectivity index (χ3v) is 3.11. The molecule has 126 valence electrons. The average molecular weight is 326 g/mol. The molecule has 0 unspecified atom stereocenters. The van der Waals surface area contributed by atoms with Crippen molar-refractivity contribution in [2.24, 2.45) is 0 Å². The Hall–Kier alpha value is -2.95. The Bertz CT molecular complexity index is 627. The summed E-state index contributed by atoms with van der Waals surface area (Å²) in [6.45, 7) is 5.19. The van der Waals surface area contributed by atoms with Gasteiger partial charge in [0.15, 0.2) is 0 Å². The van der Waals surface area contributed by atoms with Gasteiger partial charge in [0, 0.05) is 12.2 Å². The number of ether oxygens (including phenoxy) is 2. The van der Waals surface area contributed by atoms with Crippen molar-refractivity contribution >= 4 is 11.6 Å². The number of hydrogen-bond donors (Lipinski definition) is 2. The van der Waals surface area contributed by atoms with E-state index in [1.165, 1.54) is 0 Å². The minimum absolute atomic E-state index is 0.0757. The molecule has 0 saturated heterocycles. The van der Waals surface area contributed by atoms with Crippen LogP contribution in [0.4, 0.5) is 5.69 Å². The van der Waals surface area contributed by atoms with Crippen LogP contribution in [-0.4, -0.2) is 32.2 Å². The first-order valence-corrected chi connectivity index (χ1v) is 7.80. The molecule has 5 nitrogen and oxygen atoms in total. The van der Waals surface area contributed by atoms with Gasteiger partial charge in [0.2, 0.25) is 5.91 Å². The van der Waals surface area contributed by atoms with Crippen LogP contribution in [0.1, 0.15) is 0 Å². The van der Waals surface area contributed by atoms with Crippen molar-refractivity contribution in [3.05, 3.63) is 67.3 Å². The summed E-state index contributed by atoms with van der Waals surface area (Å²) < 4.78 is 11.2. The van der Waals surface area contributed by atoms with Crippen LogP contribution in [0.15, 0.2) is 67.3 Å². The third-order valence-electron chi connectivity index (χ3n) is 3.11. The highest BCUT2D eigenvalue weighted by Crippen LogP contribution is 2.15. The first-order chi connectivity index (χ1) is 11.8. The highest BCUT2D eigenvalue weighted by molar-refractivity contribution is 5.80. The van der Waals surface area contributed by atoms with Gasteiger partial charge >= 0.3 is 0 Å². The Labute approximate surface area is 142 Å². The predicted molar refractivity (Wildman–Crippen MR) is 95.6 cm³/mol. The summed E-state index contributed by atoms with van der Waals surface area (Å²) >= 11 is 0. The summed E-state index contributed by atoms with van der Waals surface area (Å²) in [6.07, 6.45) is 1.64. The van der Waals surface area contributed by atoms with Crippen LogP contribution in [0.3, 0.4) is 0 Å². The number of para-hydroxylation sites is 1. The van der Waals surface area contributed by atoms with E-state index in [0.717, 1.165) is 17.2 Å². The third kappa shape index (κ3) is 6.44.